The molecule has 0 aliphatic carbocycles. The maximum Gasteiger partial charge on any atom is 0.332 e. The van der Waals surface area contributed by atoms with Crippen LogP contribution in [0.15, 0.2) is 18.2 Å². The van der Waals surface area contributed by atoms with Gasteiger partial charge in [0, 0.05) is 6.54 Å². The van der Waals surface area contributed by atoms with Crippen molar-refractivity contribution in [1.82, 2.24) is 5.32 Å². The molecule has 1 amide bonds. The van der Waals surface area contributed by atoms with Crippen LogP contribution in [0, 0.1) is 5.82 Å². The van der Waals surface area contributed by atoms with Crippen molar-refractivity contribution in [2.24, 2.45) is 0 Å². The molecule has 20 heavy (non-hydrogen) atoms. The van der Waals surface area contributed by atoms with Crippen molar-refractivity contribution >= 4 is 23.5 Å². The standard InChI is InChI=1S/C13H13ClFNO4/c14-11-8(2-1-3-9(11)15)12(17)16-6-7-4-5-10(20-7)13(18)19/h1-3,7,10H,4-6H2,(H,16,17)(H,18,19). The molecule has 0 bridgehead atoms. The molecule has 5 nitrogen and oxygen atoms in total. The molecule has 0 saturated carbocycles. The first-order valence-electron chi connectivity index (χ1n) is 6.09. The Morgan fingerprint density at radius 3 is 2.85 bits per heavy atom. The SMILES string of the molecule is O=C(NCC1CCC(C(=O)O)O1)c1cccc(F)c1Cl. The third kappa shape index (κ3) is 3.26. The number of carbonyl (C=O) groups is 2. The van der Waals surface area contributed by atoms with Crippen LogP contribution in [-0.4, -0.2) is 35.7 Å². The van der Waals surface area contributed by atoms with Gasteiger partial charge < -0.3 is 15.2 Å². The fourth-order valence-electron chi connectivity index (χ4n) is 2.02. The van der Waals surface area contributed by atoms with Crippen molar-refractivity contribution in [2.75, 3.05) is 6.54 Å². The molecule has 2 unspecified atom stereocenters. The molecule has 1 fully saturated rings. The number of hydrogen-bond acceptors (Lipinski definition) is 3. The molecule has 0 radical (unpaired) electrons. The molecule has 1 saturated heterocycles. The van der Waals surface area contributed by atoms with Gasteiger partial charge in [0.1, 0.15) is 5.82 Å². The zero-order valence-corrected chi connectivity index (χ0v) is 11.2. The third-order valence-electron chi connectivity index (χ3n) is 3.07. The molecule has 108 valence electrons. The second-order valence-corrected chi connectivity index (χ2v) is 4.85. The van der Waals surface area contributed by atoms with Gasteiger partial charge in [0.25, 0.3) is 5.91 Å². The number of rotatable bonds is 4. The summed E-state index contributed by atoms with van der Waals surface area (Å²) in [5.41, 5.74) is 0.0412. The minimum atomic E-state index is -1.01. The summed E-state index contributed by atoms with van der Waals surface area (Å²) in [6, 6.07) is 3.97. The summed E-state index contributed by atoms with van der Waals surface area (Å²) in [5, 5.41) is 11.1. The lowest BCUT2D eigenvalue weighted by Crippen LogP contribution is -2.33. The van der Waals surface area contributed by atoms with Gasteiger partial charge >= 0.3 is 5.97 Å². The Morgan fingerprint density at radius 1 is 1.45 bits per heavy atom. The second-order valence-electron chi connectivity index (χ2n) is 4.47. The highest BCUT2D eigenvalue weighted by Crippen LogP contribution is 2.21. The Labute approximate surface area is 119 Å². The molecule has 0 spiro atoms. The molecule has 2 rings (SSSR count). The van der Waals surface area contributed by atoms with Gasteiger partial charge in [-0.25, -0.2) is 9.18 Å². The quantitative estimate of drug-likeness (QED) is 0.890. The van der Waals surface area contributed by atoms with E-state index in [2.05, 4.69) is 5.32 Å². The van der Waals surface area contributed by atoms with Crippen molar-refractivity contribution in [2.45, 2.75) is 25.0 Å². The number of carboxylic acid groups (broad SMARTS) is 1. The van der Waals surface area contributed by atoms with Crippen LogP contribution in [0.3, 0.4) is 0 Å². The van der Waals surface area contributed by atoms with E-state index in [0.29, 0.717) is 12.8 Å². The molecular weight excluding hydrogens is 289 g/mol. The third-order valence-corrected chi connectivity index (χ3v) is 3.45. The topological polar surface area (TPSA) is 75.6 Å². The number of hydrogen-bond donors (Lipinski definition) is 2. The number of carbonyl (C=O) groups excluding carboxylic acids is 1. The van der Waals surface area contributed by atoms with Gasteiger partial charge in [-0.1, -0.05) is 17.7 Å². The van der Waals surface area contributed by atoms with E-state index in [1.807, 2.05) is 0 Å². The van der Waals surface area contributed by atoms with Crippen LogP contribution >= 0.6 is 11.6 Å². The van der Waals surface area contributed by atoms with E-state index in [1.54, 1.807) is 0 Å². The fraction of sp³-hybridized carbons (Fsp3) is 0.385. The van der Waals surface area contributed by atoms with Crippen molar-refractivity contribution < 1.29 is 23.8 Å². The Bertz CT molecular complexity index is 537. The summed E-state index contributed by atoms with van der Waals surface area (Å²) in [5.74, 6) is -2.19. The summed E-state index contributed by atoms with van der Waals surface area (Å²) in [4.78, 5) is 22.6. The highest BCUT2D eigenvalue weighted by atomic mass is 35.5. The van der Waals surface area contributed by atoms with E-state index in [0.717, 1.165) is 6.07 Å². The van der Waals surface area contributed by atoms with Crippen molar-refractivity contribution in [3.05, 3.63) is 34.6 Å². The maximum atomic E-state index is 13.2. The summed E-state index contributed by atoms with van der Waals surface area (Å²) in [7, 11) is 0. The monoisotopic (exact) mass is 301 g/mol. The molecular formula is C13H13ClFNO4. The lowest BCUT2D eigenvalue weighted by molar-refractivity contribution is -0.149. The molecule has 2 atom stereocenters. The van der Waals surface area contributed by atoms with Crippen LogP contribution in [0.1, 0.15) is 23.2 Å². The molecule has 1 aliphatic rings. The number of benzene rings is 1. The van der Waals surface area contributed by atoms with Crippen molar-refractivity contribution in [3.63, 3.8) is 0 Å². The lowest BCUT2D eigenvalue weighted by atomic mass is 10.1. The van der Waals surface area contributed by atoms with Gasteiger partial charge in [0.15, 0.2) is 6.10 Å². The van der Waals surface area contributed by atoms with Gasteiger partial charge in [-0.2, -0.15) is 0 Å². The molecule has 2 N–H and O–H groups in total. The van der Waals surface area contributed by atoms with Crippen molar-refractivity contribution in [1.29, 1.82) is 0 Å². The number of amides is 1. The molecule has 1 heterocycles. The summed E-state index contributed by atoms with van der Waals surface area (Å²) in [6.45, 7) is 0.162. The maximum absolute atomic E-state index is 13.2. The minimum absolute atomic E-state index is 0.0412. The first-order chi connectivity index (χ1) is 9.49. The molecule has 1 aliphatic heterocycles. The van der Waals surface area contributed by atoms with Crippen LogP contribution in [0.5, 0.6) is 0 Å². The molecule has 1 aromatic carbocycles. The molecule has 1 aromatic rings. The van der Waals surface area contributed by atoms with Crippen LogP contribution in [0.4, 0.5) is 4.39 Å². The predicted molar refractivity (Wildman–Crippen MR) is 69.3 cm³/mol. The Hall–Kier alpha value is -1.66. The summed E-state index contributed by atoms with van der Waals surface area (Å²) >= 11 is 5.70. The van der Waals surface area contributed by atoms with E-state index in [-0.39, 0.29) is 23.2 Å². The molecule has 7 heteroatoms. The Balaban J connectivity index is 1.90. The average molecular weight is 302 g/mol. The van der Waals surface area contributed by atoms with E-state index < -0.39 is 23.8 Å². The lowest BCUT2D eigenvalue weighted by Gasteiger charge is -2.13. The minimum Gasteiger partial charge on any atom is -0.479 e. The van der Waals surface area contributed by atoms with Gasteiger partial charge in [-0.05, 0) is 25.0 Å². The number of halogens is 2. The fourth-order valence-corrected chi connectivity index (χ4v) is 2.23. The first-order valence-corrected chi connectivity index (χ1v) is 6.47. The highest BCUT2D eigenvalue weighted by molar-refractivity contribution is 6.34. The average Bonchev–Trinajstić information content (AvgIpc) is 2.88. The second kappa shape index (κ2) is 6.19. The van der Waals surface area contributed by atoms with Gasteiger partial charge in [-0.15, -0.1) is 0 Å². The Kier molecular flexibility index (Phi) is 4.57. The van der Waals surface area contributed by atoms with E-state index in [9.17, 15) is 14.0 Å². The normalized spacial score (nSPS) is 21.7. The number of aliphatic carboxylic acids is 1. The van der Waals surface area contributed by atoms with Crippen LogP contribution < -0.4 is 5.32 Å². The highest BCUT2D eigenvalue weighted by Gasteiger charge is 2.30. The number of nitrogens with one attached hydrogen (secondary N) is 1. The largest absolute Gasteiger partial charge is 0.479 e. The van der Waals surface area contributed by atoms with Crippen LogP contribution in [0.25, 0.3) is 0 Å². The van der Waals surface area contributed by atoms with Gasteiger partial charge in [-0.3, -0.25) is 4.79 Å². The predicted octanol–water partition coefficient (Wildman–Crippen LogP) is 1.84. The van der Waals surface area contributed by atoms with Crippen molar-refractivity contribution in [3.8, 4) is 0 Å². The smallest absolute Gasteiger partial charge is 0.332 e. The zero-order valence-electron chi connectivity index (χ0n) is 10.4. The van der Waals surface area contributed by atoms with E-state index in [4.69, 9.17) is 21.4 Å². The van der Waals surface area contributed by atoms with E-state index in [1.165, 1.54) is 12.1 Å². The zero-order chi connectivity index (χ0) is 14.7. The van der Waals surface area contributed by atoms with Gasteiger partial charge in [0.05, 0.1) is 16.7 Å². The van der Waals surface area contributed by atoms with E-state index >= 15 is 0 Å². The Morgan fingerprint density at radius 2 is 2.20 bits per heavy atom. The summed E-state index contributed by atoms with van der Waals surface area (Å²) < 4.78 is 18.5. The summed E-state index contributed by atoms with van der Waals surface area (Å²) in [6.07, 6.45) is -0.216. The first kappa shape index (κ1) is 14.7. The number of ether oxygens (including phenoxy) is 1. The van der Waals surface area contributed by atoms with Crippen LogP contribution in [-0.2, 0) is 9.53 Å². The van der Waals surface area contributed by atoms with Gasteiger partial charge in [0.2, 0.25) is 0 Å². The number of carboxylic acids is 1. The molecule has 0 aromatic heterocycles. The van der Waals surface area contributed by atoms with Crippen LogP contribution in [0.2, 0.25) is 5.02 Å².